The van der Waals surface area contributed by atoms with Crippen molar-refractivity contribution >= 4 is 45.9 Å². The first-order valence-electron chi connectivity index (χ1n) is 12.7. The number of rotatable bonds is 6. The fourth-order valence-corrected chi connectivity index (χ4v) is 6.25. The summed E-state index contributed by atoms with van der Waals surface area (Å²) in [7, 11) is 0. The molecule has 1 amide bonds. The Balaban J connectivity index is 0.00000304. The smallest absolute Gasteiger partial charge is 0.244 e. The molecule has 2 heterocycles. The Morgan fingerprint density at radius 3 is 2.67 bits per heavy atom. The van der Waals surface area contributed by atoms with Gasteiger partial charge in [-0.2, -0.15) is 5.26 Å². The van der Waals surface area contributed by atoms with Gasteiger partial charge in [0.1, 0.15) is 5.01 Å². The van der Waals surface area contributed by atoms with Gasteiger partial charge in [0.05, 0.1) is 21.8 Å². The molecule has 1 aromatic heterocycles. The second-order valence-electron chi connectivity index (χ2n) is 9.81. The zero-order chi connectivity index (χ0) is 24.0. The van der Waals surface area contributed by atoms with Gasteiger partial charge in [-0.1, -0.05) is 18.2 Å². The average molecular weight is 521 g/mol. The normalized spacial score (nSPS) is 20.3. The molecule has 1 aliphatic carbocycles. The van der Waals surface area contributed by atoms with Gasteiger partial charge in [-0.3, -0.25) is 4.79 Å². The lowest BCUT2D eigenvalue weighted by atomic mass is 9.84. The molecule has 5 nitrogen and oxygen atoms in total. The van der Waals surface area contributed by atoms with Gasteiger partial charge in [0, 0.05) is 25.2 Å². The number of benzene rings is 2. The first kappa shape index (κ1) is 26.3. The van der Waals surface area contributed by atoms with Crippen LogP contribution in [0.25, 0.3) is 16.3 Å². The highest BCUT2D eigenvalue weighted by molar-refractivity contribution is 7.19. The first-order chi connectivity index (χ1) is 17.2. The van der Waals surface area contributed by atoms with Crippen LogP contribution in [-0.4, -0.2) is 41.5 Å². The van der Waals surface area contributed by atoms with Gasteiger partial charge >= 0.3 is 0 Å². The van der Waals surface area contributed by atoms with Crippen LogP contribution >= 0.6 is 23.7 Å². The number of hydrogen-bond acceptors (Lipinski definition) is 5. The molecule has 0 bridgehead atoms. The van der Waals surface area contributed by atoms with Gasteiger partial charge in [0.2, 0.25) is 5.91 Å². The van der Waals surface area contributed by atoms with E-state index < -0.39 is 0 Å². The van der Waals surface area contributed by atoms with Crippen molar-refractivity contribution in [1.29, 1.82) is 5.26 Å². The molecule has 2 aromatic carbocycles. The third-order valence-electron chi connectivity index (χ3n) is 7.46. The molecule has 7 heteroatoms. The van der Waals surface area contributed by atoms with Crippen LogP contribution in [0.2, 0.25) is 0 Å². The summed E-state index contributed by atoms with van der Waals surface area (Å²) in [5.41, 5.74) is 4.50. The van der Waals surface area contributed by atoms with Crippen molar-refractivity contribution in [3.63, 3.8) is 0 Å². The zero-order valence-corrected chi connectivity index (χ0v) is 22.1. The van der Waals surface area contributed by atoms with E-state index in [0.717, 1.165) is 72.0 Å². The topological polar surface area (TPSA) is 69.0 Å². The Kier molecular flexibility index (Phi) is 9.14. The molecule has 1 aliphatic heterocycles. The average Bonchev–Trinajstić information content (AvgIpc) is 3.20. The Bertz CT molecular complexity index is 1220. The summed E-state index contributed by atoms with van der Waals surface area (Å²) in [6, 6.07) is 16.8. The summed E-state index contributed by atoms with van der Waals surface area (Å²) in [4.78, 5) is 19.6. The van der Waals surface area contributed by atoms with E-state index in [4.69, 9.17) is 5.26 Å². The van der Waals surface area contributed by atoms with Crippen LogP contribution in [0.15, 0.2) is 48.5 Å². The lowest BCUT2D eigenvalue weighted by Gasteiger charge is -2.30. The SMILES string of the molecule is Cl.N#Cc1ccc2c(c1)CCN(CCC1CCC(NC(=O)/C=C/c3nc4ccccc4s3)CC1)CC2. The summed E-state index contributed by atoms with van der Waals surface area (Å²) >= 11 is 1.61. The number of para-hydroxylation sites is 1. The van der Waals surface area contributed by atoms with E-state index in [1.165, 1.54) is 30.4 Å². The highest BCUT2D eigenvalue weighted by Crippen LogP contribution is 2.28. The number of nitrogens with one attached hydrogen (secondary N) is 1. The van der Waals surface area contributed by atoms with Crippen molar-refractivity contribution in [1.82, 2.24) is 15.2 Å². The number of nitrogens with zero attached hydrogens (tertiary/aromatic N) is 3. The molecule has 0 atom stereocenters. The molecular weight excluding hydrogens is 488 g/mol. The molecule has 3 aromatic rings. The van der Waals surface area contributed by atoms with E-state index >= 15 is 0 Å². The predicted molar refractivity (Wildman–Crippen MR) is 149 cm³/mol. The van der Waals surface area contributed by atoms with Crippen molar-refractivity contribution < 1.29 is 4.79 Å². The maximum atomic E-state index is 12.4. The van der Waals surface area contributed by atoms with Crippen LogP contribution < -0.4 is 5.32 Å². The van der Waals surface area contributed by atoms with Gasteiger partial charge in [0.15, 0.2) is 0 Å². The minimum atomic E-state index is -0.0172. The van der Waals surface area contributed by atoms with Crippen molar-refractivity contribution in [2.45, 2.75) is 51.0 Å². The molecule has 1 N–H and O–H groups in total. The van der Waals surface area contributed by atoms with Crippen LogP contribution in [-0.2, 0) is 17.6 Å². The van der Waals surface area contributed by atoms with Crippen LogP contribution in [0.5, 0.6) is 0 Å². The minimum absolute atomic E-state index is 0. The Hall–Kier alpha value is -2.72. The number of fused-ring (bicyclic) bond motifs is 2. The van der Waals surface area contributed by atoms with Crippen LogP contribution in [0, 0.1) is 17.2 Å². The van der Waals surface area contributed by atoms with Gasteiger partial charge in [0.25, 0.3) is 0 Å². The number of nitriles is 1. The number of amides is 1. The van der Waals surface area contributed by atoms with Crippen molar-refractivity contribution in [3.8, 4) is 6.07 Å². The number of hydrogen-bond donors (Lipinski definition) is 1. The quantitative estimate of drug-likeness (QED) is 0.419. The molecule has 188 valence electrons. The second kappa shape index (κ2) is 12.5. The maximum absolute atomic E-state index is 12.4. The molecule has 1 saturated carbocycles. The highest BCUT2D eigenvalue weighted by Gasteiger charge is 2.23. The van der Waals surface area contributed by atoms with Crippen molar-refractivity contribution in [3.05, 3.63) is 70.2 Å². The molecule has 2 aliphatic rings. The Morgan fingerprint density at radius 2 is 1.89 bits per heavy atom. The number of halogens is 1. The van der Waals surface area contributed by atoms with Crippen molar-refractivity contribution in [2.75, 3.05) is 19.6 Å². The van der Waals surface area contributed by atoms with Crippen LogP contribution in [0.4, 0.5) is 0 Å². The van der Waals surface area contributed by atoms with E-state index in [-0.39, 0.29) is 24.4 Å². The fourth-order valence-electron chi connectivity index (χ4n) is 5.38. The maximum Gasteiger partial charge on any atom is 0.244 e. The number of carbonyl (C=O) groups excluding carboxylic acids is 1. The fraction of sp³-hybridized carbons (Fsp3) is 0.414. The van der Waals surface area contributed by atoms with E-state index in [0.29, 0.717) is 0 Å². The highest BCUT2D eigenvalue weighted by atomic mass is 35.5. The molecular formula is C29H33ClN4OS. The third-order valence-corrected chi connectivity index (χ3v) is 8.47. The first-order valence-corrected chi connectivity index (χ1v) is 13.6. The molecule has 1 fully saturated rings. The molecule has 5 rings (SSSR count). The largest absolute Gasteiger partial charge is 0.350 e. The Labute approximate surface area is 223 Å². The number of aromatic nitrogens is 1. The van der Waals surface area contributed by atoms with E-state index in [2.05, 4.69) is 39.5 Å². The minimum Gasteiger partial charge on any atom is -0.350 e. The van der Waals surface area contributed by atoms with E-state index in [1.807, 2.05) is 30.3 Å². The van der Waals surface area contributed by atoms with Gasteiger partial charge in [-0.15, -0.1) is 23.7 Å². The van der Waals surface area contributed by atoms with Gasteiger partial charge in [-0.05, 0) is 98.9 Å². The summed E-state index contributed by atoms with van der Waals surface area (Å²) in [6.07, 6.45) is 11.3. The third kappa shape index (κ3) is 6.73. The second-order valence-corrected chi connectivity index (χ2v) is 10.9. The Morgan fingerprint density at radius 1 is 1.11 bits per heavy atom. The van der Waals surface area contributed by atoms with Gasteiger partial charge < -0.3 is 10.2 Å². The molecule has 0 spiro atoms. The van der Waals surface area contributed by atoms with Crippen LogP contribution in [0.3, 0.4) is 0 Å². The lowest BCUT2D eigenvalue weighted by Crippen LogP contribution is -2.37. The summed E-state index contributed by atoms with van der Waals surface area (Å²) in [5.74, 6) is 0.730. The predicted octanol–water partition coefficient (Wildman–Crippen LogP) is 5.77. The van der Waals surface area contributed by atoms with Crippen LogP contribution in [0.1, 0.15) is 53.8 Å². The summed E-state index contributed by atoms with van der Waals surface area (Å²) in [6.45, 7) is 3.32. The van der Waals surface area contributed by atoms with E-state index in [1.54, 1.807) is 17.4 Å². The standard InChI is InChI=1S/C29H32N4OS.ClH/c30-20-22-5-8-23-14-17-33(18-15-24(23)19-22)16-13-21-6-9-25(10-7-21)31-28(34)11-12-29-32-26-3-1-2-4-27(26)35-29;/h1-5,8,11-12,19,21,25H,6-7,9-10,13-18H2,(H,31,34);1H/b12-11+;. The molecule has 0 radical (unpaired) electrons. The number of carbonyl (C=O) groups is 1. The number of thiazole rings is 1. The lowest BCUT2D eigenvalue weighted by molar-refractivity contribution is -0.117. The monoisotopic (exact) mass is 520 g/mol. The zero-order valence-electron chi connectivity index (χ0n) is 20.5. The van der Waals surface area contributed by atoms with Gasteiger partial charge in [-0.25, -0.2) is 4.98 Å². The molecule has 0 unspecified atom stereocenters. The van der Waals surface area contributed by atoms with Crippen molar-refractivity contribution in [2.24, 2.45) is 5.92 Å². The molecule has 0 saturated heterocycles. The molecule has 36 heavy (non-hydrogen) atoms. The summed E-state index contributed by atoms with van der Waals surface area (Å²) < 4.78 is 1.14. The summed E-state index contributed by atoms with van der Waals surface area (Å²) in [5, 5.41) is 13.2. The van der Waals surface area contributed by atoms with E-state index in [9.17, 15) is 4.79 Å².